The number of benzene rings is 1. The van der Waals surface area contributed by atoms with Crippen LogP contribution in [0.15, 0.2) is 30.5 Å². The summed E-state index contributed by atoms with van der Waals surface area (Å²) in [6.45, 7) is 10.6. The SMILES string of the molecule is CCOC(=O)Oc1cc(OC)n2c(=N)n(CC(=O)c3cc(N4CCOCC4)c(OC)c(C(C)(C)C)c3)cc2c1. The summed E-state index contributed by atoms with van der Waals surface area (Å²) in [6.07, 6.45) is 0.813. The number of imidazole rings is 1. The minimum Gasteiger partial charge on any atom is -0.494 e. The molecule has 0 aliphatic carbocycles. The maximum atomic E-state index is 13.7. The molecule has 1 fully saturated rings. The molecule has 3 aromatic rings. The molecule has 0 amide bonds. The van der Waals surface area contributed by atoms with E-state index in [0.29, 0.717) is 37.4 Å². The topological polar surface area (TPSA) is 117 Å². The molecule has 1 aliphatic rings. The Hall–Kier alpha value is -3.99. The lowest BCUT2D eigenvalue weighted by molar-refractivity contribution is 0.0968. The smallest absolute Gasteiger partial charge is 0.494 e. The summed E-state index contributed by atoms with van der Waals surface area (Å²) in [5.74, 6) is 1.07. The maximum Gasteiger partial charge on any atom is 0.513 e. The number of anilines is 1. The van der Waals surface area contributed by atoms with Gasteiger partial charge in [0.05, 0.1) is 51.8 Å². The molecule has 11 nitrogen and oxygen atoms in total. The largest absolute Gasteiger partial charge is 0.513 e. The summed E-state index contributed by atoms with van der Waals surface area (Å²) in [7, 11) is 3.11. The van der Waals surface area contributed by atoms with E-state index in [1.165, 1.54) is 22.1 Å². The number of fused-ring (bicyclic) bond motifs is 1. The summed E-state index contributed by atoms with van der Waals surface area (Å²) >= 11 is 0. The molecular weight excluding hydrogens is 504 g/mol. The Morgan fingerprint density at radius 2 is 1.77 bits per heavy atom. The van der Waals surface area contributed by atoms with Crippen LogP contribution in [0.1, 0.15) is 43.6 Å². The fourth-order valence-corrected chi connectivity index (χ4v) is 4.64. The summed E-state index contributed by atoms with van der Waals surface area (Å²) in [4.78, 5) is 27.7. The van der Waals surface area contributed by atoms with E-state index in [2.05, 4.69) is 25.7 Å². The molecule has 1 N–H and O–H groups in total. The zero-order valence-electron chi connectivity index (χ0n) is 23.3. The molecule has 11 heteroatoms. The zero-order chi connectivity index (χ0) is 28.3. The van der Waals surface area contributed by atoms with Gasteiger partial charge in [0.25, 0.3) is 0 Å². The Bertz CT molecular complexity index is 1430. The van der Waals surface area contributed by atoms with Crippen LogP contribution in [0.5, 0.6) is 17.4 Å². The van der Waals surface area contributed by atoms with Crippen molar-refractivity contribution in [2.45, 2.75) is 39.7 Å². The normalized spacial score (nSPS) is 13.8. The average Bonchev–Trinajstić information content (AvgIpc) is 3.21. The minimum absolute atomic E-state index is 0.0378. The number of morpholine rings is 1. The van der Waals surface area contributed by atoms with Crippen molar-refractivity contribution in [3.05, 3.63) is 47.2 Å². The van der Waals surface area contributed by atoms with Crippen LogP contribution >= 0.6 is 0 Å². The Balaban J connectivity index is 1.73. The molecule has 0 atom stereocenters. The molecule has 0 bridgehead atoms. The van der Waals surface area contributed by atoms with Gasteiger partial charge in [-0.2, -0.15) is 0 Å². The molecule has 0 radical (unpaired) electrons. The Kier molecular flexibility index (Phi) is 8.19. The first-order valence-corrected chi connectivity index (χ1v) is 12.8. The van der Waals surface area contributed by atoms with Crippen LogP contribution in [0.2, 0.25) is 0 Å². The number of hydrogen-bond acceptors (Lipinski definition) is 9. The molecule has 39 heavy (non-hydrogen) atoms. The number of nitrogens with zero attached hydrogens (tertiary/aromatic N) is 3. The Morgan fingerprint density at radius 1 is 1.05 bits per heavy atom. The van der Waals surface area contributed by atoms with Gasteiger partial charge in [-0.05, 0) is 24.5 Å². The molecule has 1 aliphatic heterocycles. The highest BCUT2D eigenvalue weighted by atomic mass is 16.7. The van der Waals surface area contributed by atoms with Crippen molar-refractivity contribution in [2.24, 2.45) is 0 Å². The Labute approximate surface area is 227 Å². The van der Waals surface area contributed by atoms with Gasteiger partial charge in [-0.1, -0.05) is 20.8 Å². The number of nitrogens with one attached hydrogen (secondary N) is 1. The summed E-state index contributed by atoms with van der Waals surface area (Å²) in [6, 6.07) is 6.83. The van der Waals surface area contributed by atoms with Gasteiger partial charge in [0.2, 0.25) is 11.5 Å². The highest BCUT2D eigenvalue weighted by molar-refractivity contribution is 5.98. The number of ether oxygens (including phenoxy) is 5. The van der Waals surface area contributed by atoms with Crippen molar-refractivity contribution in [1.29, 1.82) is 5.41 Å². The van der Waals surface area contributed by atoms with Crippen molar-refractivity contribution < 1.29 is 33.3 Å². The monoisotopic (exact) mass is 540 g/mol. The van der Waals surface area contributed by atoms with Crippen LogP contribution in [-0.4, -0.2) is 68.0 Å². The second-order valence-electron chi connectivity index (χ2n) is 10.2. The number of carbonyl (C=O) groups is 2. The van der Waals surface area contributed by atoms with E-state index < -0.39 is 6.16 Å². The van der Waals surface area contributed by atoms with E-state index >= 15 is 0 Å². The minimum atomic E-state index is -0.838. The number of methoxy groups -OCH3 is 2. The van der Waals surface area contributed by atoms with Gasteiger partial charge in [-0.15, -0.1) is 0 Å². The molecule has 3 heterocycles. The Morgan fingerprint density at radius 3 is 2.38 bits per heavy atom. The van der Waals surface area contributed by atoms with Crippen LogP contribution in [0.4, 0.5) is 10.5 Å². The maximum absolute atomic E-state index is 13.7. The lowest BCUT2D eigenvalue weighted by Crippen LogP contribution is -2.37. The molecule has 0 spiro atoms. The third kappa shape index (κ3) is 5.88. The van der Waals surface area contributed by atoms with E-state index in [4.69, 9.17) is 29.1 Å². The predicted octanol–water partition coefficient (Wildman–Crippen LogP) is 3.79. The molecule has 4 rings (SSSR count). The van der Waals surface area contributed by atoms with Crippen molar-refractivity contribution in [3.8, 4) is 17.4 Å². The fraction of sp³-hybridized carbons (Fsp3) is 0.464. The van der Waals surface area contributed by atoms with Crippen molar-refractivity contribution >= 4 is 23.1 Å². The number of ketones is 1. The van der Waals surface area contributed by atoms with Gasteiger partial charge in [0.15, 0.2) is 5.78 Å². The van der Waals surface area contributed by atoms with E-state index in [0.717, 1.165) is 17.0 Å². The van der Waals surface area contributed by atoms with Gasteiger partial charge in [-0.25, -0.2) is 9.20 Å². The second kappa shape index (κ2) is 11.4. The highest BCUT2D eigenvalue weighted by Crippen LogP contribution is 2.40. The standard InChI is InChI=1S/C28H36N4O7/c1-7-38-27(34)39-20-14-19-16-31(26(29)32(19)24(15-20)35-5)17-23(33)18-12-21(28(2,3)4)25(36-6)22(13-18)30-8-10-37-11-9-30/h12-16,29H,7-11,17H2,1-6H3. The quantitative estimate of drug-likeness (QED) is 0.339. The van der Waals surface area contributed by atoms with Crippen LogP contribution in [0.3, 0.4) is 0 Å². The van der Waals surface area contributed by atoms with Gasteiger partial charge in [-0.3, -0.25) is 10.2 Å². The van der Waals surface area contributed by atoms with E-state index in [9.17, 15) is 9.59 Å². The van der Waals surface area contributed by atoms with E-state index in [-0.39, 0.29) is 41.6 Å². The van der Waals surface area contributed by atoms with Crippen molar-refractivity contribution in [1.82, 2.24) is 8.97 Å². The van der Waals surface area contributed by atoms with Crippen LogP contribution in [-0.2, 0) is 21.4 Å². The van der Waals surface area contributed by atoms with Gasteiger partial charge in [0, 0.05) is 42.5 Å². The van der Waals surface area contributed by atoms with Crippen molar-refractivity contribution in [2.75, 3.05) is 52.0 Å². The van der Waals surface area contributed by atoms with Crippen LogP contribution in [0.25, 0.3) is 5.52 Å². The van der Waals surface area contributed by atoms with Crippen LogP contribution in [0, 0.1) is 5.41 Å². The van der Waals surface area contributed by atoms with Gasteiger partial charge >= 0.3 is 6.16 Å². The van der Waals surface area contributed by atoms with Crippen molar-refractivity contribution in [3.63, 3.8) is 0 Å². The number of rotatable bonds is 8. The fourth-order valence-electron chi connectivity index (χ4n) is 4.64. The molecule has 2 aromatic heterocycles. The number of Topliss-reactive ketones (excluding diaryl/α,β-unsaturated/α-hetero) is 1. The average molecular weight is 541 g/mol. The lowest BCUT2D eigenvalue weighted by atomic mass is 9.84. The second-order valence-corrected chi connectivity index (χ2v) is 10.2. The molecule has 0 unspecified atom stereocenters. The first-order valence-electron chi connectivity index (χ1n) is 12.8. The molecule has 0 saturated carbocycles. The number of hydrogen-bond donors (Lipinski definition) is 1. The van der Waals surface area contributed by atoms with Gasteiger partial charge in [0.1, 0.15) is 11.5 Å². The third-order valence-electron chi connectivity index (χ3n) is 6.55. The zero-order valence-corrected chi connectivity index (χ0v) is 23.3. The number of aromatic nitrogens is 2. The molecular formula is C28H36N4O7. The highest BCUT2D eigenvalue weighted by Gasteiger charge is 2.27. The summed E-state index contributed by atoms with van der Waals surface area (Å²) in [5, 5.41) is 8.72. The van der Waals surface area contributed by atoms with Gasteiger partial charge < -0.3 is 33.2 Å². The summed E-state index contributed by atoms with van der Waals surface area (Å²) < 4.78 is 30.0. The molecule has 210 valence electrons. The number of pyridine rings is 1. The van der Waals surface area contributed by atoms with Crippen LogP contribution < -0.4 is 24.7 Å². The lowest BCUT2D eigenvalue weighted by Gasteiger charge is -2.33. The molecule has 1 aromatic carbocycles. The summed E-state index contributed by atoms with van der Waals surface area (Å²) in [5.41, 5.74) is 2.60. The number of carbonyl (C=O) groups excluding carboxylic acids is 2. The first-order chi connectivity index (χ1) is 18.6. The predicted molar refractivity (Wildman–Crippen MR) is 145 cm³/mol. The first kappa shape index (κ1) is 28.0. The van der Waals surface area contributed by atoms with E-state index in [1.54, 1.807) is 26.3 Å². The third-order valence-corrected chi connectivity index (χ3v) is 6.55. The molecule has 1 saturated heterocycles. The van der Waals surface area contributed by atoms with E-state index in [1.807, 2.05) is 12.1 Å².